The molecular formula is C36H40N2O6. The molecular weight excluding hydrogens is 556 g/mol. The Morgan fingerprint density at radius 1 is 0.750 bits per heavy atom. The summed E-state index contributed by atoms with van der Waals surface area (Å²) in [6.07, 6.45) is 7.39. The maximum Gasteiger partial charge on any atom is 0.169 e. The lowest BCUT2D eigenvalue weighted by molar-refractivity contribution is -0.0453. The highest BCUT2D eigenvalue weighted by atomic mass is 16.5. The van der Waals surface area contributed by atoms with E-state index in [1.54, 1.807) is 12.2 Å². The van der Waals surface area contributed by atoms with E-state index < -0.39 is 49.3 Å². The van der Waals surface area contributed by atoms with Crippen LogP contribution in [0, 0.1) is 11.8 Å². The summed E-state index contributed by atoms with van der Waals surface area (Å²) >= 11 is 0. The number of ether oxygens (including phenoxy) is 4. The zero-order chi connectivity index (χ0) is 34.9. The Kier molecular flexibility index (Phi) is 3.99. The number of benzene rings is 2. The fourth-order valence-corrected chi connectivity index (χ4v) is 11.2. The first kappa shape index (κ1) is 20.9. The highest BCUT2D eigenvalue weighted by Gasteiger charge is 2.66. The minimum absolute atomic E-state index is 0.0281. The Hall–Kier alpha value is -3.04. The molecule has 4 heterocycles. The van der Waals surface area contributed by atoms with Crippen LogP contribution in [-0.2, 0) is 23.7 Å². The molecule has 2 aromatic rings. The average molecular weight is 603 g/mol. The van der Waals surface area contributed by atoms with Gasteiger partial charge in [0.1, 0.15) is 24.4 Å². The molecule has 2 N–H and O–H groups in total. The molecule has 0 saturated carbocycles. The SMILES string of the molecule is [2H]C([2H])([2H])Oc1c(-c2cc3c4c(c2OC([2H])([2H])[2H])O[C@H]2[C@@H](O)C=C[C@H]5[C@@H](C3)N(C)CC[C@@]452)cc2c3c1O[C@H]1[C@@H](O)C=C[C@H]4[C@@H](C2)N(C)CC[C@@]341. The molecule has 2 saturated heterocycles. The fraction of sp³-hybridized carbons (Fsp3) is 0.556. The first-order valence-electron chi connectivity index (χ1n) is 18.9. The van der Waals surface area contributed by atoms with Gasteiger partial charge in [0.05, 0.1) is 22.3 Å². The lowest BCUT2D eigenvalue weighted by Crippen LogP contribution is -2.64. The third kappa shape index (κ3) is 2.75. The number of hydrogen-bond acceptors (Lipinski definition) is 8. The van der Waals surface area contributed by atoms with E-state index in [-0.39, 0.29) is 46.9 Å². The monoisotopic (exact) mass is 602 g/mol. The van der Waals surface area contributed by atoms with Gasteiger partial charge in [-0.3, -0.25) is 0 Å². The van der Waals surface area contributed by atoms with Crippen molar-refractivity contribution in [2.24, 2.45) is 11.8 Å². The van der Waals surface area contributed by atoms with Crippen molar-refractivity contribution in [2.45, 2.75) is 73.0 Å². The minimum Gasteiger partial charge on any atom is -0.492 e. The van der Waals surface area contributed by atoms with Gasteiger partial charge in [-0.2, -0.15) is 0 Å². The van der Waals surface area contributed by atoms with Gasteiger partial charge >= 0.3 is 0 Å². The van der Waals surface area contributed by atoms with Crippen molar-refractivity contribution in [1.82, 2.24) is 9.80 Å². The molecule has 2 aromatic carbocycles. The second kappa shape index (κ2) is 8.40. The smallest absolute Gasteiger partial charge is 0.169 e. The van der Waals surface area contributed by atoms with Crippen LogP contribution in [0.15, 0.2) is 36.4 Å². The minimum atomic E-state index is -2.88. The lowest BCUT2D eigenvalue weighted by atomic mass is 9.53. The number of likely N-dealkylation sites (tertiary alicyclic amines) is 2. The number of aliphatic hydroxyl groups excluding tert-OH is 2. The van der Waals surface area contributed by atoms with Crippen molar-refractivity contribution >= 4 is 0 Å². The van der Waals surface area contributed by atoms with Crippen LogP contribution in [0.3, 0.4) is 0 Å². The van der Waals surface area contributed by atoms with Crippen molar-refractivity contribution in [3.8, 4) is 34.1 Å². The molecule has 10 rings (SSSR count). The number of piperidine rings is 2. The molecule has 2 fully saturated rings. The van der Waals surface area contributed by atoms with Gasteiger partial charge in [0.15, 0.2) is 23.0 Å². The van der Waals surface area contributed by atoms with Crippen molar-refractivity contribution in [3.63, 3.8) is 0 Å². The summed E-state index contributed by atoms with van der Waals surface area (Å²) in [5.41, 5.74) is 3.17. The Bertz CT molecular complexity index is 1780. The van der Waals surface area contributed by atoms with E-state index in [2.05, 4.69) is 36.0 Å². The van der Waals surface area contributed by atoms with Crippen molar-refractivity contribution in [3.05, 3.63) is 58.7 Å². The average Bonchev–Trinajstić information content (AvgIpc) is 3.57. The normalized spacial score (nSPS) is 44.1. The van der Waals surface area contributed by atoms with Gasteiger partial charge in [-0.25, -0.2) is 0 Å². The number of likely N-dealkylation sites (N-methyl/N-ethyl adjacent to an activating group) is 2. The number of hydrogen-bond donors (Lipinski definition) is 2. The first-order valence-corrected chi connectivity index (χ1v) is 15.9. The summed E-state index contributed by atoms with van der Waals surface area (Å²) in [7, 11) is -1.54. The summed E-state index contributed by atoms with van der Waals surface area (Å²) in [5.74, 6) is 0.614. The van der Waals surface area contributed by atoms with Crippen LogP contribution in [0.2, 0.25) is 0 Å². The lowest BCUT2D eigenvalue weighted by Gasteiger charge is -2.56. The third-order valence-electron chi connectivity index (χ3n) is 13.0. The van der Waals surface area contributed by atoms with Crippen molar-refractivity contribution < 1.29 is 37.4 Å². The molecule has 8 aliphatic rings. The maximum absolute atomic E-state index is 11.3. The van der Waals surface area contributed by atoms with Crippen LogP contribution < -0.4 is 18.9 Å². The second-order valence-corrected chi connectivity index (χ2v) is 14.4. The largest absolute Gasteiger partial charge is 0.492 e. The predicted octanol–water partition coefficient (Wildman–Crippen LogP) is 2.98. The summed E-state index contributed by atoms with van der Waals surface area (Å²) in [6, 6.07) is 4.09. The molecule has 0 amide bonds. The molecule has 4 aliphatic carbocycles. The van der Waals surface area contributed by atoms with Crippen LogP contribution in [-0.4, -0.2) is 97.8 Å². The van der Waals surface area contributed by atoms with E-state index in [0.29, 0.717) is 36.8 Å². The number of rotatable bonds is 3. The third-order valence-corrected chi connectivity index (χ3v) is 13.0. The number of aliphatic hydroxyl groups is 2. The van der Waals surface area contributed by atoms with Crippen molar-refractivity contribution in [1.29, 1.82) is 0 Å². The summed E-state index contributed by atoms with van der Waals surface area (Å²) in [5, 5.41) is 22.7. The molecule has 230 valence electrons. The number of methoxy groups -OCH3 is 2. The van der Waals surface area contributed by atoms with Gasteiger partial charge in [-0.05, 0) is 76.1 Å². The van der Waals surface area contributed by atoms with E-state index in [4.69, 9.17) is 27.2 Å². The molecule has 2 spiro atoms. The maximum atomic E-state index is 11.3. The van der Waals surface area contributed by atoms with Gasteiger partial charge in [0.2, 0.25) is 0 Å². The summed E-state index contributed by atoms with van der Waals surface area (Å²) < 4.78 is 74.7. The van der Waals surface area contributed by atoms with E-state index in [1.807, 2.05) is 12.1 Å². The van der Waals surface area contributed by atoms with Crippen LogP contribution >= 0.6 is 0 Å². The second-order valence-electron chi connectivity index (χ2n) is 14.4. The predicted molar refractivity (Wildman–Crippen MR) is 164 cm³/mol. The van der Waals surface area contributed by atoms with E-state index >= 15 is 0 Å². The molecule has 8 heteroatoms. The highest BCUT2D eigenvalue weighted by molar-refractivity contribution is 5.86. The first-order chi connectivity index (χ1) is 23.6. The molecule has 8 nitrogen and oxygen atoms in total. The molecule has 44 heavy (non-hydrogen) atoms. The zero-order valence-electron chi connectivity index (χ0n) is 30.7. The van der Waals surface area contributed by atoms with Crippen LogP contribution in [0.1, 0.15) is 43.3 Å². The van der Waals surface area contributed by atoms with Crippen molar-refractivity contribution in [2.75, 3.05) is 41.3 Å². The summed E-state index contributed by atoms with van der Waals surface area (Å²) in [4.78, 5) is 4.68. The van der Waals surface area contributed by atoms with Gasteiger partial charge in [-0.15, -0.1) is 0 Å². The van der Waals surface area contributed by atoms with E-state index in [0.717, 1.165) is 35.3 Å². The Labute approximate surface area is 266 Å². The Morgan fingerprint density at radius 3 is 1.64 bits per heavy atom. The van der Waals surface area contributed by atoms with Gasteiger partial charge in [0, 0.05) is 57.0 Å². The Balaban J connectivity index is 1.26. The van der Waals surface area contributed by atoms with Gasteiger partial charge < -0.3 is 39.0 Å². The molecule has 4 bridgehead atoms. The number of nitrogens with zero attached hydrogens (tertiary/aromatic N) is 2. The zero-order valence-corrected chi connectivity index (χ0v) is 24.7. The molecule has 10 atom stereocenters. The van der Waals surface area contributed by atoms with Crippen LogP contribution in [0.4, 0.5) is 0 Å². The molecule has 0 radical (unpaired) electrons. The topological polar surface area (TPSA) is 83.9 Å². The standard InChI is InChI=1S/C36H40N2O6/c1-37-11-9-35-21-5-7-25(39)33(35)43-31-27(35)17(15-23(21)37)13-19(29(31)41-3)20-14-18-16-24-22-6-8-26(40)34-36(22,10-12-38(24)2)28(18)32(44-34)30(20)42-4/h5-8,13-14,21-26,33-34,39-40H,9-12,15-16H2,1-4H3/t21-,22-,23+,24+,25-,26-,33-,34-,35-,36-/m0/s1/i3D3,4D3. The van der Waals surface area contributed by atoms with E-state index in [1.165, 1.54) is 0 Å². The molecule has 0 unspecified atom stereocenters. The van der Waals surface area contributed by atoms with E-state index in [9.17, 15) is 10.2 Å². The molecule has 0 aromatic heterocycles. The highest BCUT2D eigenvalue weighted by Crippen LogP contribution is 2.67. The Morgan fingerprint density at radius 2 is 1.20 bits per heavy atom. The van der Waals surface area contributed by atoms with Crippen LogP contribution in [0.5, 0.6) is 23.0 Å². The van der Waals surface area contributed by atoms with Gasteiger partial charge in [0.25, 0.3) is 0 Å². The quantitative estimate of drug-likeness (QED) is 0.519. The van der Waals surface area contributed by atoms with Crippen LogP contribution in [0.25, 0.3) is 11.1 Å². The fourth-order valence-electron chi connectivity index (χ4n) is 11.2. The van der Waals surface area contributed by atoms with Gasteiger partial charge in [-0.1, -0.05) is 24.3 Å². The summed E-state index contributed by atoms with van der Waals surface area (Å²) in [6.45, 7) is 1.58. The molecule has 4 aliphatic heterocycles.